The average molecular weight is 439 g/mol. The van der Waals surface area contributed by atoms with E-state index >= 15 is 0 Å². The first kappa shape index (κ1) is 22.6. The van der Waals surface area contributed by atoms with Gasteiger partial charge in [-0.25, -0.2) is 13.2 Å². The van der Waals surface area contributed by atoms with E-state index in [4.69, 9.17) is 4.74 Å². The summed E-state index contributed by atoms with van der Waals surface area (Å²) in [7, 11) is 0. The van der Waals surface area contributed by atoms with Gasteiger partial charge in [0.1, 0.15) is 5.82 Å². The van der Waals surface area contributed by atoms with Crippen LogP contribution in [0.4, 0.5) is 13.2 Å². The fourth-order valence-corrected chi connectivity index (χ4v) is 4.53. The van der Waals surface area contributed by atoms with Crippen LogP contribution in [0.3, 0.4) is 0 Å². The molecule has 4 heteroatoms. The van der Waals surface area contributed by atoms with Crippen LogP contribution in [-0.2, 0) is 17.8 Å². The highest BCUT2D eigenvalue weighted by atomic mass is 19.2. The van der Waals surface area contributed by atoms with Crippen molar-refractivity contribution in [2.24, 2.45) is 0 Å². The van der Waals surface area contributed by atoms with Gasteiger partial charge in [-0.05, 0) is 67.7 Å². The quantitative estimate of drug-likeness (QED) is 0.380. The summed E-state index contributed by atoms with van der Waals surface area (Å²) in [5.74, 6) is -1.49. The molecule has 1 fully saturated rings. The van der Waals surface area contributed by atoms with Crippen LogP contribution in [0.2, 0.25) is 0 Å². The molecule has 1 nitrogen and oxygen atoms in total. The predicted molar refractivity (Wildman–Crippen MR) is 122 cm³/mol. The van der Waals surface area contributed by atoms with Crippen LogP contribution in [0.15, 0.2) is 54.6 Å². The van der Waals surface area contributed by atoms with E-state index in [-0.39, 0.29) is 29.7 Å². The maximum atomic E-state index is 14.7. The lowest BCUT2D eigenvalue weighted by atomic mass is 9.82. The third-order valence-electron chi connectivity index (χ3n) is 6.60. The summed E-state index contributed by atoms with van der Waals surface area (Å²) in [6, 6.07) is 16.2. The van der Waals surface area contributed by atoms with Gasteiger partial charge in [-0.3, -0.25) is 0 Å². The van der Waals surface area contributed by atoms with Gasteiger partial charge in [-0.1, -0.05) is 61.0 Å². The molecule has 168 valence electrons. The Balaban J connectivity index is 1.35. The second-order valence-electron chi connectivity index (χ2n) is 8.76. The van der Waals surface area contributed by atoms with Gasteiger partial charge in [0.2, 0.25) is 0 Å². The highest BCUT2D eigenvalue weighted by molar-refractivity contribution is 5.65. The molecule has 0 saturated heterocycles. The summed E-state index contributed by atoms with van der Waals surface area (Å²) in [5.41, 5.74) is 4.00. The van der Waals surface area contributed by atoms with Crippen LogP contribution in [-0.4, -0.2) is 6.10 Å². The third-order valence-corrected chi connectivity index (χ3v) is 6.60. The van der Waals surface area contributed by atoms with Crippen molar-refractivity contribution in [2.75, 3.05) is 0 Å². The van der Waals surface area contributed by atoms with Gasteiger partial charge in [0.15, 0.2) is 11.6 Å². The van der Waals surface area contributed by atoms with E-state index in [0.717, 1.165) is 42.4 Å². The molecule has 0 spiro atoms. The van der Waals surface area contributed by atoms with Crippen LogP contribution >= 0.6 is 0 Å². The van der Waals surface area contributed by atoms with Gasteiger partial charge < -0.3 is 4.74 Å². The molecule has 3 aromatic rings. The first-order chi connectivity index (χ1) is 15.5. The van der Waals surface area contributed by atoms with E-state index in [1.54, 1.807) is 30.3 Å². The SMILES string of the molecule is CCc1ccc(C2CCC(OCc3ccc(-c4ccc(C)cc4)c(F)c3F)CC2)cc1F. The van der Waals surface area contributed by atoms with Crippen molar-refractivity contribution in [3.05, 3.63) is 94.3 Å². The summed E-state index contributed by atoms with van der Waals surface area (Å²) in [6.45, 7) is 3.95. The second-order valence-corrected chi connectivity index (χ2v) is 8.76. The van der Waals surface area contributed by atoms with Crippen molar-refractivity contribution < 1.29 is 17.9 Å². The molecule has 0 aliphatic heterocycles. The maximum Gasteiger partial charge on any atom is 0.167 e. The van der Waals surface area contributed by atoms with E-state index < -0.39 is 11.6 Å². The van der Waals surface area contributed by atoms with E-state index in [0.29, 0.717) is 17.9 Å². The van der Waals surface area contributed by atoms with Crippen LogP contribution in [0.1, 0.15) is 60.8 Å². The molecule has 1 aliphatic carbocycles. The lowest BCUT2D eigenvalue weighted by Crippen LogP contribution is -2.21. The minimum absolute atomic E-state index is 0.00486. The van der Waals surface area contributed by atoms with Crippen molar-refractivity contribution in [3.63, 3.8) is 0 Å². The Kier molecular flexibility index (Phi) is 7.00. The average Bonchev–Trinajstić information content (AvgIpc) is 2.81. The molecule has 1 saturated carbocycles. The molecule has 0 heterocycles. The molecular weight excluding hydrogens is 409 g/mol. The number of hydrogen-bond acceptors (Lipinski definition) is 1. The van der Waals surface area contributed by atoms with Crippen LogP contribution in [0.25, 0.3) is 11.1 Å². The molecule has 32 heavy (non-hydrogen) atoms. The summed E-state index contributed by atoms with van der Waals surface area (Å²) >= 11 is 0. The Morgan fingerprint density at radius 3 is 2.16 bits per heavy atom. The Bertz CT molecular complexity index is 1070. The fraction of sp³-hybridized carbons (Fsp3) is 0.357. The zero-order valence-electron chi connectivity index (χ0n) is 18.6. The van der Waals surface area contributed by atoms with Crippen molar-refractivity contribution in [1.82, 2.24) is 0 Å². The highest BCUT2D eigenvalue weighted by Crippen LogP contribution is 2.35. The van der Waals surface area contributed by atoms with E-state index in [1.165, 1.54) is 0 Å². The lowest BCUT2D eigenvalue weighted by Gasteiger charge is -2.29. The van der Waals surface area contributed by atoms with Crippen LogP contribution in [0.5, 0.6) is 0 Å². The molecule has 0 N–H and O–H groups in total. The van der Waals surface area contributed by atoms with Crippen molar-refractivity contribution in [3.8, 4) is 11.1 Å². The van der Waals surface area contributed by atoms with Crippen LogP contribution < -0.4 is 0 Å². The minimum atomic E-state index is -0.844. The third kappa shape index (κ3) is 4.91. The first-order valence-electron chi connectivity index (χ1n) is 11.4. The largest absolute Gasteiger partial charge is 0.373 e. The van der Waals surface area contributed by atoms with Crippen molar-refractivity contribution in [2.45, 2.75) is 64.6 Å². The molecule has 0 amide bonds. The Hall–Kier alpha value is -2.59. The molecule has 0 unspecified atom stereocenters. The molecule has 1 aliphatic rings. The monoisotopic (exact) mass is 438 g/mol. The Labute approximate surface area is 188 Å². The van der Waals surface area contributed by atoms with E-state index in [2.05, 4.69) is 0 Å². The zero-order chi connectivity index (χ0) is 22.7. The summed E-state index contributed by atoms with van der Waals surface area (Å²) in [4.78, 5) is 0. The maximum absolute atomic E-state index is 14.7. The van der Waals surface area contributed by atoms with Gasteiger partial charge in [-0.2, -0.15) is 0 Å². The number of halogens is 3. The van der Waals surface area contributed by atoms with Crippen molar-refractivity contribution >= 4 is 0 Å². The minimum Gasteiger partial charge on any atom is -0.373 e. The second kappa shape index (κ2) is 9.91. The fourth-order valence-electron chi connectivity index (χ4n) is 4.53. The Morgan fingerprint density at radius 2 is 1.50 bits per heavy atom. The molecule has 3 aromatic carbocycles. The molecule has 0 atom stereocenters. The zero-order valence-corrected chi connectivity index (χ0v) is 18.6. The molecule has 0 bridgehead atoms. The number of aryl methyl sites for hydroxylation is 2. The van der Waals surface area contributed by atoms with Gasteiger partial charge in [-0.15, -0.1) is 0 Å². The number of hydrogen-bond donors (Lipinski definition) is 0. The van der Waals surface area contributed by atoms with Gasteiger partial charge in [0, 0.05) is 11.1 Å². The van der Waals surface area contributed by atoms with Gasteiger partial charge in [0.05, 0.1) is 12.7 Å². The van der Waals surface area contributed by atoms with E-state index in [1.807, 2.05) is 38.1 Å². The summed E-state index contributed by atoms with van der Waals surface area (Å²) in [6.07, 6.45) is 4.15. The summed E-state index contributed by atoms with van der Waals surface area (Å²) < 4.78 is 49.4. The standard InChI is InChI=1S/C28H29F3O/c1-3-19-8-9-22(16-26(19)29)20-10-13-24(14-11-20)32-17-23-12-15-25(28(31)27(23)30)21-6-4-18(2)5-7-21/h4-9,12,15-16,20,24H,3,10-11,13-14,17H2,1-2H3. The number of benzene rings is 3. The number of rotatable bonds is 6. The smallest absolute Gasteiger partial charge is 0.167 e. The molecule has 0 aromatic heterocycles. The highest BCUT2D eigenvalue weighted by Gasteiger charge is 2.24. The van der Waals surface area contributed by atoms with E-state index in [9.17, 15) is 13.2 Å². The summed E-state index contributed by atoms with van der Waals surface area (Å²) in [5, 5.41) is 0. The molecule has 0 radical (unpaired) electrons. The predicted octanol–water partition coefficient (Wildman–Crippen LogP) is 7.88. The van der Waals surface area contributed by atoms with Gasteiger partial charge in [0.25, 0.3) is 0 Å². The van der Waals surface area contributed by atoms with Gasteiger partial charge >= 0.3 is 0 Å². The number of ether oxygens (including phenoxy) is 1. The molecular formula is C28H29F3O. The first-order valence-corrected chi connectivity index (χ1v) is 11.4. The van der Waals surface area contributed by atoms with Crippen molar-refractivity contribution in [1.29, 1.82) is 0 Å². The topological polar surface area (TPSA) is 9.23 Å². The molecule has 4 rings (SSSR count). The lowest BCUT2D eigenvalue weighted by molar-refractivity contribution is 0.0119. The van der Waals surface area contributed by atoms with Crippen LogP contribution in [0, 0.1) is 24.4 Å². The normalized spacial score (nSPS) is 18.7. The Morgan fingerprint density at radius 1 is 0.812 bits per heavy atom.